The molecule has 6 nitrogen and oxygen atoms in total. The molecule has 1 unspecified atom stereocenters. The van der Waals surface area contributed by atoms with Gasteiger partial charge >= 0.3 is 0 Å². The molecule has 0 fully saturated rings. The molecule has 1 aliphatic heterocycles. The third-order valence-corrected chi connectivity index (χ3v) is 4.48. The van der Waals surface area contributed by atoms with Crippen LogP contribution in [0.1, 0.15) is 28.9 Å². The number of aromatic hydroxyl groups is 1. The topological polar surface area (TPSA) is 96.4 Å². The van der Waals surface area contributed by atoms with Gasteiger partial charge < -0.3 is 16.3 Å². The maximum Gasteiger partial charge on any atom is 0.222 e. The van der Waals surface area contributed by atoms with Crippen LogP contribution in [-0.4, -0.2) is 27.8 Å². The standard InChI is InChI=1S/C19H18FN5O/c20-14-3-1-2-11(6-14)7-16(21)18-24-17-5-4-12(13-9-22-23-10-13)8-15(17)19(26)25-18/h1-6,8-9,13,16,23H,7,10,21H2,(H,24,25,26)/t13?,16-/m1/s1. The summed E-state index contributed by atoms with van der Waals surface area (Å²) in [5.41, 5.74) is 11.5. The van der Waals surface area contributed by atoms with Crippen molar-refractivity contribution in [3.63, 3.8) is 0 Å². The number of nitrogens with zero attached hydrogens (tertiary/aromatic N) is 3. The van der Waals surface area contributed by atoms with Crippen molar-refractivity contribution in [3.8, 4) is 5.88 Å². The van der Waals surface area contributed by atoms with Gasteiger partial charge in [-0.25, -0.2) is 9.37 Å². The lowest BCUT2D eigenvalue weighted by Crippen LogP contribution is -2.17. The van der Waals surface area contributed by atoms with Gasteiger partial charge in [0.25, 0.3) is 0 Å². The molecule has 0 amide bonds. The molecule has 3 aromatic rings. The minimum Gasteiger partial charge on any atom is -0.493 e. The van der Waals surface area contributed by atoms with E-state index in [-0.39, 0.29) is 17.6 Å². The van der Waals surface area contributed by atoms with E-state index in [1.165, 1.54) is 12.1 Å². The molecule has 0 bridgehead atoms. The highest BCUT2D eigenvalue weighted by Crippen LogP contribution is 2.27. The van der Waals surface area contributed by atoms with Crippen LogP contribution in [0.3, 0.4) is 0 Å². The van der Waals surface area contributed by atoms with Crippen LogP contribution in [-0.2, 0) is 6.42 Å². The van der Waals surface area contributed by atoms with Crippen LogP contribution in [0.15, 0.2) is 47.6 Å². The molecule has 7 heteroatoms. The fourth-order valence-corrected chi connectivity index (χ4v) is 3.10. The van der Waals surface area contributed by atoms with Gasteiger partial charge in [0.1, 0.15) is 11.6 Å². The Morgan fingerprint density at radius 3 is 2.88 bits per heavy atom. The number of rotatable bonds is 4. The molecule has 4 rings (SSSR count). The highest BCUT2D eigenvalue weighted by molar-refractivity contribution is 5.85. The van der Waals surface area contributed by atoms with E-state index >= 15 is 0 Å². The summed E-state index contributed by atoms with van der Waals surface area (Å²) in [6.07, 6.45) is 2.22. The molecule has 1 aromatic heterocycles. The van der Waals surface area contributed by atoms with Crippen molar-refractivity contribution < 1.29 is 9.50 Å². The van der Waals surface area contributed by atoms with E-state index in [9.17, 15) is 9.50 Å². The van der Waals surface area contributed by atoms with Crippen molar-refractivity contribution in [1.82, 2.24) is 15.4 Å². The first kappa shape index (κ1) is 16.4. The Hall–Kier alpha value is -3.06. The zero-order valence-corrected chi connectivity index (χ0v) is 13.9. The lowest BCUT2D eigenvalue weighted by Gasteiger charge is -2.13. The van der Waals surface area contributed by atoms with Crippen LogP contribution in [0.25, 0.3) is 10.9 Å². The van der Waals surface area contributed by atoms with Crippen molar-refractivity contribution >= 4 is 17.1 Å². The Balaban J connectivity index is 1.64. The van der Waals surface area contributed by atoms with Gasteiger partial charge in [0.15, 0.2) is 0 Å². The smallest absolute Gasteiger partial charge is 0.222 e. The predicted molar refractivity (Wildman–Crippen MR) is 97.5 cm³/mol. The Labute approximate surface area is 149 Å². The first-order valence-corrected chi connectivity index (χ1v) is 8.37. The average molecular weight is 351 g/mol. The Bertz CT molecular complexity index is 991. The number of nitrogens with two attached hydrogens (primary N) is 1. The first-order chi connectivity index (χ1) is 12.6. The van der Waals surface area contributed by atoms with E-state index in [0.717, 1.165) is 17.7 Å². The van der Waals surface area contributed by atoms with Gasteiger partial charge in [-0.1, -0.05) is 18.2 Å². The second-order valence-electron chi connectivity index (χ2n) is 6.37. The summed E-state index contributed by atoms with van der Waals surface area (Å²) in [6.45, 7) is 0.726. The molecule has 0 radical (unpaired) electrons. The maximum absolute atomic E-state index is 13.3. The molecule has 132 valence electrons. The molecular weight excluding hydrogens is 333 g/mol. The summed E-state index contributed by atoms with van der Waals surface area (Å²) in [5, 5.41) is 15.0. The minimum absolute atomic E-state index is 0.107. The zero-order valence-electron chi connectivity index (χ0n) is 13.9. The molecule has 0 aliphatic carbocycles. The number of benzene rings is 2. The van der Waals surface area contributed by atoms with Crippen molar-refractivity contribution in [1.29, 1.82) is 0 Å². The quantitative estimate of drug-likeness (QED) is 0.671. The van der Waals surface area contributed by atoms with Crippen LogP contribution in [0.4, 0.5) is 4.39 Å². The average Bonchev–Trinajstić information content (AvgIpc) is 3.16. The lowest BCUT2D eigenvalue weighted by molar-refractivity contribution is 0.453. The summed E-state index contributed by atoms with van der Waals surface area (Å²) >= 11 is 0. The molecule has 2 atom stereocenters. The van der Waals surface area contributed by atoms with E-state index in [0.29, 0.717) is 23.1 Å². The number of hydrazone groups is 1. The predicted octanol–water partition coefficient (Wildman–Crippen LogP) is 2.39. The molecule has 1 aliphatic rings. The molecule has 0 spiro atoms. The zero-order chi connectivity index (χ0) is 18.1. The molecule has 0 saturated carbocycles. The largest absolute Gasteiger partial charge is 0.493 e. The highest BCUT2D eigenvalue weighted by Gasteiger charge is 2.17. The minimum atomic E-state index is -0.544. The Morgan fingerprint density at radius 1 is 1.23 bits per heavy atom. The van der Waals surface area contributed by atoms with Crippen LogP contribution in [0.2, 0.25) is 0 Å². The monoisotopic (exact) mass is 351 g/mol. The third kappa shape index (κ3) is 3.21. The summed E-state index contributed by atoms with van der Waals surface area (Å²) in [5.74, 6) is 0.0729. The Kier molecular flexibility index (Phi) is 4.22. The van der Waals surface area contributed by atoms with Crippen LogP contribution >= 0.6 is 0 Å². The highest BCUT2D eigenvalue weighted by atomic mass is 19.1. The lowest BCUT2D eigenvalue weighted by atomic mass is 9.99. The van der Waals surface area contributed by atoms with Gasteiger partial charge in [-0.3, -0.25) is 0 Å². The fraction of sp³-hybridized carbons (Fsp3) is 0.211. The van der Waals surface area contributed by atoms with Crippen LogP contribution in [0, 0.1) is 5.82 Å². The third-order valence-electron chi connectivity index (χ3n) is 4.48. The van der Waals surface area contributed by atoms with Gasteiger partial charge in [-0.15, -0.1) is 0 Å². The van der Waals surface area contributed by atoms with Crippen molar-refractivity contribution in [2.24, 2.45) is 10.8 Å². The SMILES string of the molecule is N[C@H](Cc1cccc(F)c1)c1nc(O)c2cc(C3C=NNC3)ccc2n1. The van der Waals surface area contributed by atoms with Crippen LogP contribution < -0.4 is 11.2 Å². The normalized spacial score (nSPS) is 17.4. The van der Waals surface area contributed by atoms with Crippen molar-refractivity contribution in [2.75, 3.05) is 6.54 Å². The number of hydrogen-bond acceptors (Lipinski definition) is 6. The van der Waals surface area contributed by atoms with E-state index in [1.54, 1.807) is 12.1 Å². The van der Waals surface area contributed by atoms with Crippen molar-refractivity contribution in [2.45, 2.75) is 18.4 Å². The summed E-state index contributed by atoms with van der Waals surface area (Å²) in [6, 6.07) is 11.4. The molecule has 2 aromatic carbocycles. The fourth-order valence-electron chi connectivity index (χ4n) is 3.10. The number of aromatic nitrogens is 2. The molecule has 2 heterocycles. The summed E-state index contributed by atoms with van der Waals surface area (Å²) in [4.78, 5) is 8.65. The molecule has 0 saturated heterocycles. The number of hydrogen-bond donors (Lipinski definition) is 3. The van der Waals surface area contributed by atoms with E-state index < -0.39 is 6.04 Å². The van der Waals surface area contributed by atoms with E-state index in [2.05, 4.69) is 20.5 Å². The van der Waals surface area contributed by atoms with Gasteiger partial charge in [-0.05, 0) is 41.8 Å². The second kappa shape index (κ2) is 6.68. The molecular formula is C19H18FN5O. The molecule has 26 heavy (non-hydrogen) atoms. The number of nitrogens with one attached hydrogen (secondary N) is 1. The van der Waals surface area contributed by atoms with Gasteiger partial charge in [0.05, 0.1) is 16.9 Å². The first-order valence-electron chi connectivity index (χ1n) is 8.37. The Morgan fingerprint density at radius 2 is 2.12 bits per heavy atom. The number of fused-ring (bicyclic) bond motifs is 1. The van der Waals surface area contributed by atoms with Gasteiger partial charge in [-0.2, -0.15) is 10.1 Å². The van der Waals surface area contributed by atoms with Crippen LogP contribution in [0.5, 0.6) is 5.88 Å². The van der Waals surface area contributed by atoms with E-state index in [4.69, 9.17) is 5.73 Å². The van der Waals surface area contributed by atoms with Gasteiger partial charge in [0, 0.05) is 18.7 Å². The van der Waals surface area contributed by atoms with Crippen molar-refractivity contribution in [3.05, 3.63) is 65.2 Å². The van der Waals surface area contributed by atoms with E-state index in [1.807, 2.05) is 24.4 Å². The molecule has 4 N–H and O–H groups in total. The van der Waals surface area contributed by atoms with Gasteiger partial charge in [0.2, 0.25) is 5.88 Å². The maximum atomic E-state index is 13.3. The summed E-state index contributed by atoms with van der Waals surface area (Å²) < 4.78 is 13.3. The summed E-state index contributed by atoms with van der Waals surface area (Å²) in [7, 11) is 0. The number of halogens is 1. The second-order valence-corrected chi connectivity index (χ2v) is 6.37.